The van der Waals surface area contributed by atoms with E-state index in [0.29, 0.717) is 0 Å². The van der Waals surface area contributed by atoms with Crippen molar-refractivity contribution in [3.63, 3.8) is 0 Å². The van der Waals surface area contributed by atoms with Crippen molar-refractivity contribution < 1.29 is 4.79 Å². The molecule has 1 saturated carbocycles. The highest BCUT2D eigenvalue weighted by Crippen LogP contribution is 2.50. The van der Waals surface area contributed by atoms with Crippen molar-refractivity contribution in [3.05, 3.63) is 42.0 Å². The van der Waals surface area contributed by atoms with Gasteiger partial charge in [0, 0.05) is 16.9 Å². The van der Waals surface area contributed by atoms with E-state index in [0.717, 1.165) is 6.54 Å². The zero-order valence-electron chi connectivity index (χ0n) is 10.9. The van der Waals surface area contributed by atoms with Crippen molar-refractivity contribution in [2.24, 2.45) is 0 Å². The number of benzene rings is 1. The minimum absolute atomic E-state index is 0.00501. The molecule has 0 radical (unpaired) electrons. The molecule has 0 aromatic heterocycles. The third-order valence-electron chi connectivity index (χ3n) is 3.45. The molecule has 1 N–H and O–H groups in total. The third-order valence-corrected chi connectivity index (χ3v) is 4.25. The zero-order chi connectivity index (χ0) is 13.0. The van der Waals surface area contributed by atoms with Crippen LogP contribution in [0.5, 0.6) is 0 Å². The fourth-order valence-corrected chi connectivity index (χ4v) is 2.96. The van der Waals surface area contributed by atoms with E-state index in [1.165, 1.54) is 23.3 Å². The molecular formula is C15H19NOS. The highest BCUT2D eigenvalue weighted by Gasteiger charge is 2.45. The van der Waals surface area contributed by atoms with Gasteiger partial charge in [0.15, 0.2) is 0 Å². The van der Waals surface area contributed by atoms with Crippen LogP contribution in [0, 0.1) is 0 Å². The molecule has 0 spiro atoms. The van der Waals surface area contributed by atoms with Gasteiger partial charge in [-0.25, -0.2) is 0 Å². The van der Waals surface area contributed by atoms with Gasteiger partial charge < -0.3 is 5.32 Å². The van der Waals surface area contributed by atoms with Crippen molar-refractivity contribution >= 4 is 17.7 Å². The second-order valence-corrected chi connectivity index (χ2v) is 5.55. The van der Waals surface area contributed by atoms with Gasteiger partial charge in [-0.3, -0.25) is 4.79 Å². The van der Waals surface area contributed by atoms with Crippen LogP contribution in [0.2, 0.25) is 0 Å². The Morgan fingerprint density at radius 3 is 2.78 bits per heavy atom. The Morgan fingerprint density at radius 1 is 1.44 bits per heavy atom. The molecule has 1 fully saturated rings. The molecule has 2 nitrogen and oxygen atoms in total. The lowest BCUT2D eigenvalue weighted by Crippen LogP contribution is -2.31. The van der Waals surface area contributed by atoms with Gasteiger partial charge in [-0.05, 0) is 43.7 Å². The van der Waals surface area contributed by atoms with Crippen LogP contribution in [0.15, 0.2) is 41.3 Å². The number of rotatable bonds is 5. The van der Waals surface area contributed by atoms with Crippen LogP contribution >= 0.6 is 11.8 Å². The summed E-state index contributed by atoms with van der Waals surface area (Å²) in [5.74, 6) is 0.00501. The smallest absolute Gasteiger partial charge is 0.243 e. The second-order valence-electron chi connectivity index (χ2n) is 4.70. The summed E-state index contributed by atoms with van der Waals surface area (Å²) in [6.45, 7) is 2.60. The Labute approximate surface area is 113 Å². The molecule has 1 aromatic carbocycles. The number of hydrogen-bond donors (Lipinski definition) is 1. The van der Waals surface area contributed by atoms with Crippen molar-refractivity contribution in [1.82, 2.24) is 5.32 Å². The van der Waals surface area contributed by atoms with E-state index < -0.39 is 0 Å². The van der Waals surface area contributed by atoms with E-state index in [1.807, 2.05) is 6.92 Å². The van der Waals surface area contributed by atoms with Gasteiger partial charge in [0.25, 0.3) is 0 Å². The molecule has 1 aliphatic rings. The maximum Gasteiger partial charge on any atom is 0.243 e. The van der Waals surface area contributed by atoms with Crippen LogP contribution in [0.4, 0.5) is 0 Å². The van der Waals surface area contributed by atoms with E-state index in [4.69, 9.17) is 0 Å². The first-order valence-corrected chi connectivity index (χ1v) is 7.48. The molecule has 1 amide bonds. The highest BCUT2D eigenvalue weighted by atomic mass is 32.2. The topological polar surface area (TPSA) is 29.1 Å². The Morgan fingerprint density at radius 2 is 2.17 bits per heavy atom. The molecule has 0 unspecified atom stereocenters. The van der Waals surface area contributed by atoms with E-state index in [-0.39, 0.29) is 11.3 Å². The number of allylic oxidation sites excluding steroid dienone is 1. The Hall–Kier alpha value is -1.22. The molecule has 1 aromatic rings. The molecule has 0 bridgehead atoms. The monoisotopic (exact) mass is 261 g/mol. The minimum atomic E-state index is 0.00501. The van der Waals surface area contributed by atoms with Crippen LogP contribution in [-0.2, 0) is 10.2 Å². The largest absolute Gasteiger partial charge is 0.352 e. The van der Waals surface area contributed by atoms with Crippen LogP contribution in [0.1, 0.15) is 25.3 Å². The summed E-state index contributed by atoms with van der Waals surface area (Å²) in [7, 11) is 0. The van der Waals surface area contributed by atoms with Crippen LogP contribution in [0.3, 0.4) is 0 Å². The van der Waals surface area contributed by atoms with Gasteiger partial charge in [0.05, 0.1) is 0 Å². The van der Waals surface area contributed by atoms with Gasteiger partial charge in [0.2, 0.25) is 5.91 Å². The van der Waals surface area contributed by atoms with Gasteiger partial charge in [-0.15, -0.1) is 11.8 Å². The summed E-state index contributed by atoms with van der Waals surface area (Å²) < 4.78 is 0. The average molecular weight is 261 g/mol. The van der Waals surface area contributed by atoms with E-state index in [2.05, 4.69) is 35.8 Å². The van der Waals surface area contributed by atoms with Crippen LogP contribution in [-0.4, -0.2) is 18.7 Å². The van der Waals surface area contributed by atoms with Gasteiger partial charge in [-0.1, -0.05) is 24.3 Å². The lowest BCUT2D eigenvalue weighted by molar-refractivity contribution is -0.116. The Kier molecular flexibility index (Phi) is 4.12. The highest BCUT2D eigenvalue weighted by molar-refractivity contribution is 7.98. The first kappa shape index (κ1) is 13.2. The van der Waals surface area contributed by atoms with Crippen LogP contribution in [0.25, 0.3) is 0 Å². The number of hydrogen-bond acceptors (Lipinski definition) is 2. The molecule has 0 heterocycles. The molecule has 1 aliphatic carbocycles. The van der Waals surface area contributed by atoms with Crippen molar-refractivity contribution in [1.29, 1.82) is 0 Å². The first-order valence-electron chi connectivity index (χ1n) is 6.26. The standard InChI is InChI=1S/C15H19NOS/c1-3-6-14(17)16-11-15(9-10-15)12-7-4-5-8-13(12)18-2/h3-8H,9-11H2,1-2H3,(H,16,17)/b6-3+. The van der Waals surface area contributed by atoms with Gasteiger partial charge in [-0.2, -0.15) is 0 Å². The van der Waals surface area contributed by atoms with E-state index in [9.17, 15) is 4.79 Å². The number of carbonyl (C=O) groups is 1. The fourth-order valence-electron chi connectivity index (χ4n) is 2.24. The summed E-state index contributed by atoms with van der Waals surface area (Å²) in [5, 5.41) is 3.00. The first-order chi connectivity index (χ1) is 8.72. The quantitative estimate of drug-likeness (QED) is 0.652. The number of amides is 1. The summed E-state index contributed by atoms with van der Waals surface area (Å²) in [4.78, 5) is 12.8. The maximum atomic E-state index is 11.5. The molecule has 96 valence electrons. The molecular weight excluding hydrogens is 242 g/mol. The van der Waals surface area contributed by atoms with Gasteiger partial charge >= 0.3 is 0 Å². The predicted molar refractivity (Wildman–Crippen MR) is 77.0 cm³/mol. The fraction of sp³-hybridized carbons (Fsp3) is 0.400. The zero-order valence-corrected chi connectivity index (χ0v) is 11.7. The Bertz CT molecular complexity index is 463. The third kappa shape index (κ3) is 2.78. The summed E-state index contributed by atoms with van der Waals surface area (Å²) >= 11 is 1.78. The maximum absolute atomic E-state index is 11.5. The summed E-state index contributed by atoms with van der Waals surface area (Å²) in [6.07, 6.45) is 7.79. The second kappa shape index (κ2) is 5.61. The average Bonchev–Trinajstić information content (AvgIpc) is 3.18. The number of thioether (sulfide) groups is 1. The summed E-state index contributed by atoms with van der Waals surface area (Å²) in [5.41, 5.74) is 1.56. The molecule has 3 heteroatoms. The van der Waals surface area contributed by atoms with Crippen molar-refractivity contribution in [3.8, 4) is 0 Å². The number of nitrogens with one attached hydrogen (secondary N) is 1. The molecule has 2 rings (SSSR count). The lowest BCUT2D eigenvalue weighted by atomic mass is 9.96. The van der Waals surface area contributed by atoms with E-state index >= 15 is 0 Å². The summed E-state index contributed by atoms with van der Waals surface area (Å²) in [6, 6.07) is 8.52. The normalized spacial score (nSPS) is 16.8. The van der Waals surface area contributed by atoms with E-state index in [1.54, 1.807) is 23.9 Å². The predicted octanol–water partition coefficient (Wildman–Crippen LogP) is 3.13. The molecule has 0 atom stereocenters. The molecule has 0 saturated heterocycles. The van der Waals surface area contributed by atoms with Crippen molar-refractivity contribution in [2.75, 3.05) is 12.8 Å². The molecule has 18 heavy (non-hydrogen) atoms. The van der Waals surface area contributed by atoms with Gasteiger partial charge in [0.1, 0.15) is 0 Å². The van der Waals surface area contributed by atoms with Crippen LogP contribution < -0.4 is 5.32 Å². The minimum Gasteiger partial charge on any atom is -0.352 e. The Balaban J connectivity index is 2.09. The molecule has 0 aliphatic heterocycles. The van der Waals surface area contributed by atoms with Crippen molar-refractivity contribution in [2.45, 2.75) is 30.1 Å². The lowest BCUT2D eigenvalue weighted by Gasteiger charge is -2.19. The SMILES string of the molecule is C/C=C/C(=O)NCC1(c2ccccc2SC)CC1. The number of carbonyl (C=O) groups excluding carboxylic acids is 1.